The van der Waals surface area contributed by atoms with Crippen LogP contribution in [0.2, 0.25) is 0 Å². The summed E-state index contributed by atoms with van der Waals surface area (Å²) in [6, 6.07) is 0.323. The Morgan fingerprint density at radius 1 is 0.938 bits per heavy atom. The highest BCUT2D eigenvalue weighted by atomic mass is 35.5. The van der Waals surface area contributed by atoms with Gasteiger partial charge in [-0.3, -0.25) is 9.69 Å². The van der Waals surface area contributed by atoms with Crippen LogP contribution in [0.25, 0.3) is 0 Å². The molecule has 5 heteroatoms. The number of aliphatic hydroxyl groups is 2. The van der Waals surface area contributed by atoms with E-state index in [-0.39, 0.29) is 11.3 Å². The number of carbonyl (C=O) groups excluding carboxylic acids is 1. The van der Waals surface area contributed by atoms with Crippen LogP contribution < -0.4 is 0 Å². The van der Waals surface area contributed by atoms with E-state index in [0.717, 1.165) is 38.3 Å². The van der Waals surface area contributed by atoms with Crippen molar-refractivity contribution < 1.29 is 15.0 Å². The zero-order valence-electron chi connectivity index (χ0n) is 20.1. The molecule has 0 spiro atoms. The molecule has 4 saturated carbocycles. The first-order chi connectivity index (χ1) is 15.0. The van der Waals surface area contributed by atoms with Crippen molar-refractivity contribution in [3.63, 3.8) is 0 Å². The van der Waals surface area contributed by atoms with E-state index in [1.807, 2.05) is 0 Å². The Hall–Kier alpha value is -0.160. The van der Waals surface area contributed by atoms with Crippen molar-refractivity contribution in [2.24, 2.45) is 52.8 Å². The first-order valence-corrected chi connectivity index (χ1v) is 13.8. The van der Waals surface area contributed by atoms with Crippen LogP contribution in [0.4, 0.5) is 0 Å². The van der Waals surface area contributed by atoms with E-state index in [1.165, 1.54) is 19.3 Å². The standard InChI is InChI=1S/C27H42ClNO3/c1-15-4-7-24-26(3,31)20-6-5-16-17(19(20)14-29(24)13-15)10-21-18(16)11-23(30)22-12-27(28,32)9-8-25(21,22)2/h15-22,24,31-32H,4-14H2,1-3H3/t15-,16+,17+,18-,19-,20+,21-,22+,24-,25+,26-,27-/m0/s1. The van der Waals surface area contributed by atoms with Crippen LogP contribution in [-0.4, -0.2) is 50.7 Å². The summed E-state index contributed by atoms with van der Waals surface area (Å²) in [6.45, 7) is 9.11. The average molecular weight is 464 g/mol. The van der Waals surface area contributed by atoms with E-state index in [9.17, 15) is 15.0 Å². The summed E-state index contributed by atoms with van der Waals surface area (Å²) < 4.78 is 0. The van der Waals surface area contributed by atoms with Crippen LogP contribution in [0.5, 0.6) is 0 Å². The Bertz CT molecular complexity index is 798. The van der Waals surface area contributed by atoms with Crippen molar-refractivity contribution in [3.05, 3.63) is 0 Å². The highest BCUT2D eigenvalue weighted by Gasteiger charge is 2.65. The van der Waals surface area contributed by atoms with Crippen LogP contribution in [0, 0.1) is 52.8 Å². The van der Waals surface area contributed by atoms with Gasteiger partial charge in [0.05, 0.1) is 5.60 Å². The Morgan fingerprint density at radius 2 is 1.72 bits per heavy atom. The van der Waals surface area contributed by atoms with Crippen molar-refractivity contribution in [1.29, 1.82) is 0 Å². The first-order valence-electron chi connectivity index (χ1n) is 13.4. The molecular formula is C27H42ClNO3. The minimum atomic E-state index is -1.20. The molecule has 2 saturated heterocycles. The van der Waals surface area contributed by atoms with Gasteiger partial charge in [-0.25, -0.2) is 0 Å². The summed E-state index contributed by atoms with van der Waals surface area (Å²) in [5, 5.41) is 21.1. The number of hydrogen-bond donors (Lipinski definition) is 2. The molecular weight excluding hydrogens is 422 g/mol. The largest absolute Gasteiger partial charge is 0.388 e. The third kappa shape index (κ3) is 3.08. The van der Waals surface area contributed by atoms with E-state index in [2.05, 4.69) is 25.7 Å². The fraction of sp³-hybridized carbons (Fsp3) is 0.963. The van der Waals surface area contributed by atoms with E-state index in [4.69, 9.17) is 11.6 Å². The molecule has 4 aliphatic carbocycles. The fourth-order valence-electron chi connectivity index (χ4n) is 10.3. The second-order valence-electron chi connectivity index (χ2n) is 13.4. The van der Waals surface area contributed by atoms with Crippen LogP contribution in [0.3, 0.4) is 0 Å². The van der Waals surface area contributed by atoms with E-state index >= 15 is 0 Å². The molecule has 2 aliphatic heterocycles. The molecule has 0 amide bonds. The summed E-state index contributed by atoms with van der Waals surface area (Å²) in [7, 11) is 0. The topological polar surface area (TPSA) is 60.8 Å². The zero-order valence-corrected chi connectivity index (χ0v) is 20.9. The van der Waals surface area contributed by atoms with Gasteiger partial charge in [-0.15, -0.1) is 0 Å². The Balaban J connectivity index is 1.30. The number of Topliss-reactive ketones (excluding diaryl/α,β-unsaturated/α-hetero) is 1. The highest BCUT2D eigenvalue weighted by molar-refractivity contribution is 6.22. The number of carbonyl (C=O) groups is 1. The van der Waals surface area contributed by atoms with Gasteiger partial charge in [0.15, 0.2) is 0 Å². The molecule has 32 heavy (non-hydrogen) atoms. The predicted molar refractivity (Wildman–Crippen MR) is 125 cm³/mol. The minimum absolute atomic E-state index is 0.0205. The number of nitrogens with zero attached hydrogens (tertiary/aromatic N) is 1. The number of fused-ring (bicyclic) bond motifs is 8. The highest BCUT2D eigenvalue weighted by Crippen LogP contribution is 2.67. The molecule has 6 aliphatic rings. The molecule has 0 unspecified atom stereocenters. The van der Waals surface area contributed by atoms with Gasteiger partial charge in [-0.2, -0.15) is 0 Å². The molecule has 0 aromatic rings. The fourth-order valence-corrected chi connectivity index (χ4v) is 10.6. The molecule has 6 fully saturated rings. The van der Waals surface area contributed by atoms with Gasteiger partial charge < -0.3 is 10.2 Å². The van der Waals surface area contributed by atoms with E-state index in [1.54, 1.807) is 0 Å². The van der Waals surface area contributed by atoms with Crippen molar-refractivity contribution >= 4 is 17.4 Å². The molecule has 2 heterocycles. The quantitative estimate of drug-likeness (QED) is 0.521. The van der Waals surface area contributed by atoms with Gasteiger partial charge in [0.1, 0.15) is 10.8 Å². The summed E-state index contributed by atoms with van der Waals surface area (Å²) in [4.78, 5) is 16.0. The number of hydrogen-bond acceptors (Lipinski definition) is 4. The van der Waals surface area contributed by atoms with Crippen molar-refractivity contribution in [3.8, 4) is 0 Å². The number of halogens is 1. The second kappa shape index (κ2) is 7.18. The minimum Gasteiger partial charge on any atom is -0.388 e. The SMILES string of the molecule is C[C@H]1CC[C@@H]2N(C1)C[C@H]1[C@@H]3C[C@H]4[C@@H](CC(=O)[C@H]5C[C@](O)(Cl)CC[C@@]54C)[C@@H]3CC[C@H]1[C@]2(C)O. The van der Waals surface area contributed by atoms with Gasteiger partial charge in [0, 0.05) is 37.9 Å². The molecule has 0 aromatic heterocycles. The summed E-state index contributed by atoms with van der Waals surface area (Å²) >= 11 is 6.35. The number of alkyl halides is 1. The number of piperidine rings is 2. The molecule has 0 aromatic carbocycles. The number of rotatable bonds is 0. The van der Waals surface area contributed by atoms with Crippen molar-refractivity contribution in [1.82, 2.24) is 4.90 Å². The maximum Gasteiger partial charge on any atom is 0.139 e. The Kier molecular flexibility index (Phi) is 5.01. The molecule has 4 nitrogen and oxygen atoms in total. The normalized spacial score (nSPS) is 60.1. The summed E-state index contributed by atoms with van der Waals surface area (Å²) in [5.74, 6) is 4.28. The third-order valence-corrected chi connectivity index (χ3v) is 12.2. The molecule has 12 atom stereocenters. The lowest BCUT2D eigenvalue weighted by Crippen LogP contribution is -2.67. The van der Waals surface area contributed by atoms with Crippen LogP contribution in [-0.2, 0) is 4.79 Å². The molecule has 6 rings (SSSR count). The van der Waals surface area contributed by atoms with Gasteiger partial charge >= 0.3 is 0 Å². The zero-order chi connectivity index (χ0) is 22.6. The van der Waals surface area contributed by atoms with Gasteiger partial charge in [-0.05, 0) is 98.7 Å². The van der Waals surface area contributed by atoms with Gasteiger partial charge in [0.25, 0.3) is 0 Å². The molecule has 0 radical (unpaired) electrons. The van der Waals surface area contributed by atoms with Crippen LogP contribution in [0.15, 0.2) is 0 Å². The maximum absolute atomic E-state index is 13.3. The molecule has 0 bridgehead atoms. The average Bonchev–Trinajstić information content (AvgIpc) is 3.09. The first kappa shape index (κ1) is 22.3. The summed E-state index contributed by atoms with van der Waals surface area (Å²) in [6.07, 6.45) is 8.46. The van der Waals surface area contributed by atoms with Crippen LogP contribution >= 0.6 is 11.6 Å². The number of ketones is 1. The lowest BCUT2D eigenvalue weighted by Gasteiger charge is -2.59. The van der Waals surface area contributed by atoms with Crippen molar-refractivity contribution in [2.75, 3.05) is 13.1 Å². The third-order valence-electron chi connectivity index (χ3n) is 11.8. The summed E-state index contributed by atoms with van der Waals surface area (Å²) in [5.41, 5.74) is -0.614. The lowest BCUT2D eigenvalue weighted by atomic mass is 9.51. The van der Waals surface area contributed by atoms with E-state index in [0.29, 0.717) is 66.6 Å². The Morgan fingerprint density at radius 3 is 2.50 bits per heavy atom. The molecule has 2 N–H and O–H groups in total. The predicted octanol–water partition coefficient (Wildman–Crippen LogP) is 4.45. The lowest BCUT2D eigenvalue weighted by molar-refractivity contribution is -0.175. The second-order valence-corrected chi connectivity index (χ2v) is 14.1. The van der Waals surface area contributed by atoms with Crippen LogP contribution in [0.1, 0.15) is 78.6 Å². The van der Waals surface area contributed by atoms with Gasteiger partial charge in [-0.1, -0.05) is 25.4 Å². The maximum atomic E-state index is 13.3. The monoisotopic (exact) mass is 463 g/mol. The Labute approximate surface area is 198 Å². The smallest absolute Gasteiger partial charge is 0.139 e. The van der Waals surface area contributed by atoms with E-state index < -0.39 is 10.7 Å². The molecule has 180 valence electrons. The van der Waals surface area contributed by atoms with Gasteiger partial charge in [0.2, 0.25) is 0 Å². The van der Waals surface area contributed by atoms with Crippen molar-refractivity contribution in [2.45, 2.75) is 95.3 Å².